The van der Waals surface area contributed by atoms with Crippen LogP contribution in [0.2, 0.25) is 0 Å². The number of carbonyl (C=O) groups is 1. The minimum absolute atomic E-state index is 0.0817. The standard InChI is InChI=1S/C24H24N4O4/c1-24(2,3)22(29)28-18-8-6-5-7-16(18)21-13-26-23(32-21)27-15-9-10-17(19(11-15)30-4)20-12-25-14-31-20/h5-14H,1-4H3,(H,26,27)(H,28,29). The Labute approximate surface area is 185 Å². The number of amides is 1. The summed E-state index contributed by atoms with van der Waals surface area (Å²) in [5.74, 6) is 1.68. The number of hydrogen-bond acceptors (Lipinski definition) is 7. The van der Waals surface area contributed by atoms with Gasteiger partial charge in [-0.3, -0.25) is 4.79 Å². The highest BCUT2D eigenvalue weighted by Crippen LogP contribution is 2.35. The zero-order chi connectivity index (χ0) is 22.7. The van der Waals surface area contributed by atoms with Gasteiger partial charge in [-0.2, -0.15) is 0 Å². The molecule has 0 aliphatic heterocycles. The Morgan fingerprint density at radius 3 is 2.56 bits per heavy atom. The molecule has 0 saturated heterocycles. The van der Waals surface area contributed by atoms with Gasteiger partial charge in [-0.1, -0.05) is 32.9 Å². The molecule has 32 heavy (non-hydrogen) atoms. The van der Waals surface area contributed by atoms with Crippen molar-refractivity contribution < 1.29 is 18.4 Å². The molecule has 0 aliphatic carbocycles. The zero-order valence-corrected chi connectivity index (χ0v) is 18.3. The predicted molar refractivity (Wildman–Crippen MR) is 122 cm³/mol. The van der Waals surface area contributed by atoms with Crippen LogP contribution >= 0.6 is 0 Å². The molecule has 164 valence electrons. The highest BCUT2D eigenvalue weighted by molar-refractivity contribution is 5.97. The van der Waals surface area contributed by atoms with Crippen LogP contribution in [-0.2, 0) is 4.79 Å². The quantitative estimate of drug-likeness (QED) is 0.401. The van der Waals surface area contributed by atoms with E-state index in [1.165, 1.54) is 6.39 Å². The number of hydrogen-bond donors (Lipinski definition) is 2. The van der Waals surface area contributed by atoms with Crippen molar-refractivity contribution in [3.63, 3.8) is 0 Å². The molecule has 4 aromatic rings. The summed E-state index contributed by atoms with van der Waals surface area (Å²) in [5, 5.41) is 6.10. The number of oxazole rings is 2. The van der Waals surface area contributed by atoms with E-state index in [2.05, 4.69) is 20.6 Å². The smallest absolute Gasteiger partial charge is 0.299 e. The van der Waals surface area contributed by atoms with E-state index < -0.39 is 5.41 Å². The number of rotatable bonds is 6. The molecule has 0 radical (unpaired) electrons. The first-order valence-electron chi connectivity index (χ1n) is 10.1. The van der Waals surface area contributed by atoms with Crippen LogP contribution < -0.4 is 15.4 Å². The number of anilines is 3. The van der Waals surface area contributed by atoms with Gasteiger partial charge < -0.3 is 24.2 Å². The monoisotopic (exact) mass is 432 g/mol. The van der Waals surface area contributed by atoms with Crippen molar-refractivity contribution in [2.45, 2.75) is 20.8 Å². The molecule has 1 amide bonds. The molecule has 2 aromatic heterocycles. The second-order valence-electron chi connectivity index (χ2n) is 8.19. The van der Waals surface area contributed by atoms with Gasteiger partial charge in [0.25, 0.3) is 6.01 Å². The first kappa shape index (κ1) is 21.2. The highest BCUT2D eigenvalue weighted by atomic mass is 16.5. The van der Waals surface area contributed by atoms with Gasteiger partial charge in [-0.25, -0.2) is 9.97 Å². The van der Waals surface area contributed by atoms with E-state index in [1.54, 1.807) is 19.5 Å². The van der Waals surface area contributed by atoms with Crippen molar-refractivity contribution in [2.75, 3.05) is 17.7 Å². The third-order valence-corrected chi connectivity index (χ3v) is 4.78. The number of para-hydroxylation sites is 1. The lowest BCUT2D eigenvalue weighted by Gasteiger charge is -2.18. The van der Waals surface area contributed by atoms with Crippen LogP contribution in [0.15, 0.2) is 70.1 Å². The Balaban J connectivity index is 1.56. The lowest BCUT2D eigenvalue weighted by molar-refractivity contribution is -0.123. The van der Waals surface area contributed by atoms with Gasteiger partial charge in [0.1, 0.15) is 5.75 Å². The van der Waals surface area contributed by atoms with Crippen LogP contribution in [0.25, 0.3) is 22.6 Å². The van der Waals surface area contributed by atoms with Gasteiger partial charge in [0.15, 0.2) is 17.9 Å². The van der Waals surface area contributed by atoms with E-state index in [0.29, 0.717) is 29.0 Å². The molecule has 0 bridgehead atoms. The lowest BCUT2D eigenvalue weighted by atomic mass is 9.95. The summed E-state index contributed by atoms with van der Waals surface area (Å²) in [5.41, 5.74) is 2.40. The molecule has 0 unspecified atom stereocenters. The maximum Gasteiger partial charge on any atom is 0.299 e. The Bertz CT molecular complexity index is 1220. The Kier molecular flexibility index (Phi) is 5.68. The van der Waals surface area contributed by atoms with E-state index in [-0.39, 0.29) is 5.91 Å². The number of aromatic nitrogens is 2. The molecule has 0 atom stereocenters. The first-order chi connectivity index (χ1) is 15.3. The first-order valence-corrected chi connectivity index (χ1v) is 10.1. The van der Waals surface area contributed by atoms with Crippen molar-refractivity contribution in [1.29, 1.82) is 0 Å². The maximum atomic E-state index is 12.4. The summed E-state index contributed by atoms with van der Waals surface area (Å²) < 4.78 is 16.8. The number of methoxy groups -OCH3 is 1. The molecular formula is C24H24N4O4. The third kappa shape index (κ3) is 4.49. The number of carbonyl (C=O) groups excluding carboxylic acids is 1. The van der Waals surface area contributed by atoms with E-state index in [4.69, 9.17) is 13.6 Å². The second kappa shape index (κ2) is 8.58. The van der Waals surface area contributed by atoms with E-state index in [9.17, 15) is 4.79 Å². The van der Waals surface area contributed by atoms with Crippen molar-refractivity contribution >= 4 is 23.3 Å². The number of benzene rings is 2. The minimum Gasteiger partial charge on any atom is -0.496 e. The average Bonchev–Trinajstić information content (AvgIpc) is 3.46. The summed E-state index contributed by atoms with van der Waals surface area (Å²) in [6.07, 6.45) is 4.61. The SMILES string of the molecule is COc1cc(Nc2ncc(-c3ccccc3NC(=O)C(C)(C)C)o2)ccc1-c1cnco1. The molecule has 8 heteroatoms. The van der Waals surface area contributed by atoms with Crippen LogP contribution in [-0.4, -0.2) is 23.0 Å². The fraction of sp³-hybridized carbons (Fsp3) is 0.208. The number of ether oxygens (including phenoxy) is 1. The largest absolute Gasteiger partial charge is 0.496 e. The summed E-state index contributed by atoms with van der Waals surface area (Å²) in [6, 6.07) is 13.3. The molecule has 0 aliphatic rings. The highest BCUT2D eigenvalue weighted by Gasteiger charge is 2.23. The van der Waals surface area contributed by atoms with Gasteiger partial charge in [0, 0.05) is 22.7 Å². The van der Waals surface area contributed by atoms with Crippen LogP contribution in [0, 0.1) is 5.41 Å². The molecule has 4 rings (SSSR count). The molecular weight excluding hydrogens is 408 g/mol. The van der Waals surface area contributed by atoms with Crippen LogP contribution in [0.5, 0.6) is 5.75 Å². The van der Waals surface area contributed by atoms with Gasteiger partial charge in [0.2, 0.25) is 5.91 Å². The topological polar surface area (TPSA) is 102 Å². The molecule has 0 fully saturated rings. The van der Waals surface area contributed by atoms with Crippen molar-refractivity contribution in [3.8, 4) is 28.4 Å². The summed E-state index contributed by atoms with van der Waals surface area (Å²) >= 11 is 0. The molecule has 2 aromatic carbocycles. The molecule has 0 spiro atoms. The van der Waals surface area contributed by atoms with Crippen molar-refractivity contribution in [2.24, 2.45) is 5.41 Å². The van der Waals surface area contributed by atoms with Crippen LogP contribution in [0.1, 0.15) is 20.8 Å². The lowest BCUT2D eigenvalue weighted by Crippen LogP contribution is -2.27. The Hall–Kier alpha value is -4.07. The van der Waals surface area contributed by atoms with E-state index >= 15 is 0 Å². The Morgan fingerprint density at radius 1 is 1.03 bits per heavy atom. The summed E-state index contributed by atoms with van der Waals surface area (Å²) in [7, 11) is 1.59. The second-order valence-corrected chi connectivity index (χ2v) is 8.19. The normalized spacial score (nSPS) is 11.2. The van der Waals surface area contributed by atoms with Crippen molar-refractivity contribution in [3.05, 3.63) is 61.3 Å². The number of nitrogens with zero attached hydrogens (tertiary/aromatic N) is 2. The minimum atomic E-state index is -0.516. The molecule has 2 heterocycles. The maximum absolute atomic E-state index is 12.4. The van der Waals surface area contributed by atoms with E-state index in [0.717, 1.165) is 16.8 Å². The van der Waals surface area contributed by atoms with Gasteiger partial charge in [-0.05, 0) is 24.3 Å². The summed E-state index contributed by atoms with van der Waals surface area (Å²) in [4.78, 5) is 20.7. The fourth-order valence-electron chi connectivity index (χ4n) is 3.02. The third-order valence-electron chi connectivity index (χ3n) is 4.78. The van der Waals surface area contributed by atoms with Gasteiger partial charge >= 0.3 is 0 Å². The molecule has 8 nitrogen and oxygen atoms in total. The number of nitrogens with one attached hydrogen (secondary N) is 2. The summed E-state index contributed by atoms with van der Waals surface area (Å²) in [6.45, 7) is 5.59. The Morgan fingerprint density at radius 2 is 1.84 bits per heavy atom. The fourth-order valence-corrected chi connectivity index (χ4v) is 3.02. The zero-order valence-electron chi connectivity index (χ0n) is 18.3. The van der Waals surface area contributed by atoms with E-state index in [1.807, 2.05) is 63.2 Å². The van der Waals surface area contributed by atoms with Gasteiger partial charge in [-0.15, -0.1) is 0 Å². The predicted octanol–water partition coefficient (Wildman–Crippen LogP) is 5.73. The molecule has 0 saturated carbocycles. The van der Waals surface area contributed by atoms with Gasteiger partial charge in [0.05, 0.1) is 30.8 Å². The average molecular weight is 432 g/mol. The van der Waals surface area contributed by atoms with Crippen LogP contribution in [0.3, 0.4) is 0 Å². The molecule has 2 N–H and O–H groups in total. The van der Waals surface area contributed by atoms with Crippen molar-refractivity contribution in [1.82, 2.24) is 9.97 Å². The van der Waals surface area contributed by atoms with Crippen LogP contribution in [0.4, 0.5) is 17.4 Å².